The van der Waals surface area contributed by atoms with Gasteiger partial charge in [-0.1, -0.05) is 0 Å². The summed E-state index contributed by atoms with van der Waals surface area (Å²) in [5, 5.41) is 15.6. The van der Waals surface area contributed by atoms with Gasteiger partial charge in [0, 0.05) is 24.3 Å². The molecule has 1 atom stereocenters. The second-order valence-corrected chi connectivity index (χ2v) is 6.51. The molecule has 1 unspecified atom stereocenters. The van der Waals surface area contributed by atoms with Crippen molar-refractivity contribution in [3.8, 4) is 0 Å². The van der Waals surface area contributed by atoms with Crippen LogP contribution in [0.5, 0.6) is 0 Å². The summed E-state index contributed by atoms with van der Waals surface area (Å²) in [5.74, 6) is -1.10. The summed E-state index contributed by atoms with van der Waals surface area (Å²) in [7, 11) is -3.81. The smallest absolute Gasteiger partial charge is 0.322 e. The Bertz CT molecular complexity index is 583. The van der Waals surface area contributed by atoms with Crippen molar-refractivity contribution >= 4 is 16.2 Å². The summed E-state index contributed by atoms with van der Waals surface area (Å²) < 4.78 is 27.9. The zero-order valence-electron chi connectivity index (χ0n) is 11.2. The molecule has 1 aromatic heterocycles. The first kappa shape index (κ1) is 14.9. The van der Waals surface area contributed by atoms with Gasteiger partial charge in [0.2, 0.25) is 0 Å². The number of carboxylic acid groups (broad SMARTS) is 1. The first-order valence-electron chi connectivity index (χ1n) is 6.40. The van der Waals surface area contributed by atoms with Crippen LogP contribution >= 0.6 is 0 Å². The third kappa shape index (κ3) is 3.17. The van der Waals surface area contributed by atoms with Crippen molar-refractivity contribution in [2.45, 2.75) is 38.8 Å². The predicted octanol–water partition coefficient (Wildman–Crippen LogP) is -0.00838. The molecule has 8 nitrogen and oxygen atoms in total. The number of hydrogen-bond acceptors (Lipinski definition) is 4. The van der Waals surface area contributed by atoms with Crippen molar-refractivity contribution in [2.75, 3.05) is 6.54 Å². The van der Waals surface area contributed by atoms with Crippen LogP contribution in [-0.4, -0.2) is 46.6 Å². The Morgan fingerprint density at radius 2 is 2.35 bits per heavy atom. The van der Waals surface area contributed by atoms with Crippen molar-refractivity contribution < 1.29 is 18.3 Å². The lowest BCUT2D eigenvalue weighted by atomic mass is 10.1. The number of aryl methyl sites for hydroxylation is 1. The molecular formula is C11H18N4O4S. The van der Waals surface area contributed by atoms with Crippen LogP contribution in [0.25, 0.3) is 0 Å². The quantitative estimate of drug-likeness (QED) is 0.707. The first-order valence-corrected chi connectivity index (χ1v) is 7.84. The molecule has 1 aliphatic heterocycles. The van der Waals surface area contributed by atoms with Crippen molar-refractivity contribution in [3.05, 3.63) is 17.5 Å². The number of hydrogen-bond donors (Lipinski definition) is 3. The number of piperidine rings is 1. The Labute approximate surface area is 117 Å². The topological polar surface area (TPSA) is 115 Å². The summed E-state index contributed by atoms with van der Waals surface area (Å²) in [5.41, 5.74) is 1.51. The maximum atomic E-state index is 12.2. The highest BCUT2D eigenvalue weighted by Gasteiger charge is 2.36. The minimum absolute atomic E-state index is 0.0908. The number of aromatic nitrogens is 2. The molecule has 0 aromatic carbocycles. The third-order valence-electron chi connectivity index (χ3n) is 3.43. The number of aromatic amines is 1. The summed E-state index contributed by atoms with van der Waals surface area (Å²) in [6.45, 7) is 2.11. The number of carbonyl (C=O) groups is 1. The van der Waals surface area contributed by atoms with E-state index in [2.05, 4.69) is 14.9 Å². The number of nitrogens with one attached hydrogen (secondary N) is 2. The van der Waals surface area contributed by atoms with E-state index in [0.717, 1.165) is 22.0 Å². The maximum absolute atomic E-state index is 12.2. The van der Waals surface area contributed by atoms with Gasteiger partial charge in [-0.25, -0.2) is 0 Å². The van der Waals surface area contributed by atoms with Crippen LogP contribution < -0.4 is 4.72 Å². The molecule has 2 heterocycles. The fraction of sp³-hybridized carbons (Fsp3) is 0.636. The van der Waals surface area contributed by atoms with Gasteiger partial charge in [0.15, 0.2) is 0 Å². The fourth-order valence-corrected chi connectivity index (χ4v) is 3.65. The molecule has 1 aromatic rings. The van der Waals surface area contributed by atoms with E-state index in [-0.39, 0.29) is 13.1 Å². The van der Waals surface area contributed by atoms with Crippen LogP contribution in [0.15, 0.2) is 6.20 Å². The molecule has 3 N–H and O–H groups in total. The Balaban J connectivity index is 2.08. The summed E-state index contributed by atoms with van der Waals surface area (Å²) in [4.78, 5) is 11.1. The van der Waals surface area contributed by atoms with Crippen LogP contribution in [0, 0.1) is 6.92 Å². The molecule has 0 saturated carbocycles. The Morgan fingerprint density at radius 1 is 1.60 bits per heavy atom. The van der Waals surface area contributed by atoms with Gasteiger partial charge in [0.25, 0.3) is 10.2 Å². The molecule has 0 bridgehead atoms. The summed E-state index contributed by atoms with van der Waals surface area (Å²) >= 11 is 0. The monoisotopic (exact) mass is 302 g/mol. The first-order chi connectivity index (χ1) is 9.42. The Morgan fingerprint density at radius 3 is 2.95 bits per heavy atom. The van der Waals surface area contributed by atoms with Crippen LogP contribution in [0.4, 0.5) is 0 Å². The predicted molar refractivity (Wildman–Crippen MR) is 71.1 cm³/mol. The van der Waals surface area contributed by atoms with E-state index in [1.165, 1.54) is 0 Å². The lowest BCUT2D eigenvalue weighted by Gasteiger charge is -2.31. The normalized spacial score (nSPS) is 20.9. The highest BCUT2D eigenvalue weighted by atomic mass is 32.2. The highest BCUT2D eigenvalue weighted by Crippen LogP contribution is 2.20. The van der Waals surface area contributed by atoms with E-state index in [0.29, 0.717) is 12.8 Å². The van der Waals surface area contributed by atoms with Gasteiger partial charge in [-0.05, 0) is 26.2 Å². The molecule has 1 aliphatic rings. The van der Waals surface area contributed by atoms with Gasteiger partial charge in [-0.2, -0.15) is 22.5 Å². The fourth-order valence-electron chi connectivity index (χ4n) is 2.25. The molecule has 2 rings (SSSR count). The van der Waals surface area contributed by atoms with Crippen LogP contribution in [-0.2, 0) is 21.5 Å². The molecule has 0 amide bonds. The van der Waals surface area contributed by atoms with E-state index in [9.17, 15) is 13.2 Å². The van der Waals surface area contributed by atoms with E-state index >= 15 is 0 Å². The molecule has 9 heteroatoms. The Hall–Kier alpha value is -1.45. The van der Waals surface area contributed by atoms with Crippen molar-refractivity contribution in [3.63, 3.8) is 0 Å². The van der Waals surface area contributed by atoms with Gasteiger partial charge in [0.05, 0.1) is 6.20 Å². The van der Waals surface area contributed by atoms with Crippen molar-refractivity contribution in [2.24, 2.45) is 0 Å². The molecule has 20 heavy (non-hydrogen) atoms. The molecule has 1 saturated heterocycles. The number of rotatable bonds is 5. The SMILES string of the molecule is Cc1[nH]ncc1CNS(=O)(=O)N1CCCCC1C(=O)O. The van der Waals surface area contributed by atoms with Gasteiger partial charge in [0.1, 0.15) is 6.04 Å². The Kier molecular flexibility index (Phi) is 4.41. The maximum Gasteiger partial charge on any atom is 0.322 e. The zero-order valence-corrected chi connectivity index (χ0v) is 12.0. The van der Waals surface area contributed by atoms with Crippen LogP contribution in [0.3, 0.4) is 0 Å². The van der Waals surface area contributed by atoms with Gasteiger partial charge in [-0.3, -0.25) is 9.89 Å². The summed E-state index contributed by atoms with van der Waals surface area (Å²) in [6, 6.07) is -0.980. The van der Waals surface area contributed by atoms with E-state index in [1.54, 1.807) is 13.1 Å². The van der Waals surface area contributed by atoms with Gasteiger partial charge < -0.3 is 5.11 Å². The average Bonchev–Trinajstić information content (AvgIpc) is 2.82. The molecule has 0 radical (unpaired) electrons. The van der Waals surface area contributed by atoms with Crippen LogP contribution in [0.1, 0.15) is 30.5 Å². The zero-order chi connectivity index (χ0) is 14.8. The minimum atomic E-state index is -3.81. The van der Waals surface area contributed by atoms with Crippen molar-refractivity contribution in [1.82, 2.24) is 19.2 Å². The van der Waals surface area contributed by atoms with Gasteiger partial charge >= 0.3 is 5.97 Å². The molecule has 1 fully saturated rings. The second kappa shape index (κ2) is 5.90. The summed E-state index contributed by atoms with van der Waals surface area (Å²) in [6.07, 6.45) is 3.29. The van der Waals surface area contributed by atoms with Gasteiger partial charge in [-0.15, -0.1) is 0 Å². The minimum Gasteiger partial charge on any atom is -0.480 e. The van der Waals surface area contributed by atoms with E-state index < -0.39 is 22.2 Å². The van der Waals surface area contributed by atoms with Crippen LogP contribution in [0.2, 0.25) is 0 Å². The average molecular weight is 302 g/mol. The highest BCUT2D eigenvalue weighted by molar-refractivity contribution is 7.87. The lowest BCUT2D eigenvalue weighted by Crippen LogP contribution is -2.51. The van der Waals surface area contributed by atoms with E-state index in [4.69, 9.17) is 5.11 Å². The molecule has 112 valence electrons. The number of carboxylic acids is 1. The lowest BCUT2D eigenvalue weighted by molar-refractivity contribution is -0.142. The largest absolute Gasteiger partial charge is 0.480 e. The third-order valence-corrected chi connectivity index (χ3v) is 4.99. The molecule has 0 spiro atoms. The van der Waals surface area contributed by atoms with Crippen molar-refractivity contribution in [1.29, 1.82) is 0 Å². The number of aliphatic carboxylic acids is 1. The number of H-pyrrole nitrogens is 1. The molecular weight excluding hydrogens is 284 g/mol. The standard InChI is InChI=1S/C11H18N4O4S/c1-8-9(6-12-14-8)7-13-20(18,19)15-5-3-2-4-10(15)11(16)17/h6,10,13H,2-5,7H2,1H3,(H,12,14)(H,16,17). The number of nitrogens with zero attached hydrogens (tertiary/aromatic N) is 2. The second-order valence-electron chi connectivity index (χ2n) is 4.81. The molecule has 0 aliphatic carbocycles. The van der Waals surface area contributed by atoms with E-state index in [1.807, 2.05) is 0 Å².